The third-order valence-corrected chi connectivity index (χ3v) is 5.31. The first-order valence-electron chi connectivity index (χ1n) is 10.4. The lowest BCUT2D eigenvalue weighted by atomic mass is 9.99. The molecule has 1 saturated heterocycles. The molecule has 32 heavy (non-hydrogen) atoms. The van der Waals surface area contributed by atoms with Gasteiger partial charge in [0.2, 0.25) is 6.29 Å². The fourth-order valence-corrected chi connectivity index (χ4v) is 3.50. The van der Waals surface area contributed by atoms with Crippen molar-refractivity contribution in [3.05, 3.63) is 59.7 Å². The zero-order chi connectivity index (χ0) is 23.3. The molecule has 6 atom stereocenters. The molecule has 1 heterocycles. The van der Waals surface area contributed by atoms with Gasteiger partial charge < -0.3 is 40.0 Å². The van der Waals surface area contributed by atoms with Crippen molar-refractivity contribution in [3.8, 4) is 11.5 Å². The number of hydrogen-bond acceptors (Lipinski definition) is 8. The Morgan fingerprint density at radius 1 is 1.09 bits per heavy atom. The molecule has 0 bridgehead atoms. The minimum Gasteiger partial charge on any atom is -0.485 e. The molecule has 0 aliphatic carbocycles. The summed E-state index contributed by atoms with van der Waals surface area (Å²) < 4.78 is 17.0. The molecule has 9 heteroatoms. The van der Waals surface area contributed by atoms with Crippen LogP contribution in [-0.2, 0) is 9.53 Å². The molecule has 2 aromatic rings. The standard InChI is InChI=1S/C23H29NO8/c1-13-12-15(30-23-20(27)18(25)19(26)21(32-23)22(28)29)8-9-16(13)31-17(10-11-24-2)14-6-4-3-5-7-14/h3-9,12,17-21,23-27H,10-11H2,1-2H3,(H,28,29)/t17?,18-,19-,20+,21-,23+/m0/s1. The number of ether oxygens (including phenoxy) is 3. The molecule has 0 radical (unpaired) electrons. The molecular weight excluding hydrogens is 418 g/mol. The fourth-order valence-electron chi connectivity index (χ4n) is 3.50. The Bertz CT molecular complexity index is 893. The van der Waals surface area contributed by atoms with Crippen molar-refractivity contribution in [3.63, 3.8) is 0 Å². The van der Waals surface area contributed by atoms with E-state index in [0.717, 1.165) is 24.1 Å². The van der Waals surface area contributed by atoms with E-state index >= 15 is 0 Å². The van der Waals surface area contributed by atoms with E-state index in [1.54, 1.807) is 18.2 Å². The third kappa shape index (κ3) is 5.56. The minimum atomic E-state index is -1.77. The highest BCUT2D eigenvalue weighted by Crippen LogP contribution is 2.31. The van der Waals surface area contributed by atoms with Gasteiger partial charge in [-0.05, 0) is 49.8 Å². The zero-order valence-electron chi connectivity index (χ0n) is 17.9. The van der Waals surface area contributed by atoms with Crippen molar-refractivity contribution in [2.75, 3.05) is 13.6 Å². The van der Waals surface area contributed by atoms with Crippen LogP contribution in [0.2, 0.25) is 0 Å². The number of carbonyl (C=O) groups is 1. The number of aliphatic carboxylic acids is 1. The molecule has 0 saturated carbocycles. The molecule has 0 amide bonds. The zero-order valence-corrected chi connectivity index (χ0v) is 17.9. The van der Waals surface area contributed by atoms with E-state index in [4.69, 9.17) is 19.3 Å². The second kappa shape index (κ2) is 10.8. The van der Waals surface area contributed by atoms with Crippen LogP contribution in [-0.4, -0.2) is 70.7 Å². The molecule has 2 aromatic carbocycles. The summed E-state index contributed by atoms with van der Waals surface area (Å²) in [5.74, 6) is -0.532. The second-order valence-corrected chi connectivity index (χ2v) is 7.69. The molecule has 1 unspecified atom stereocenters. The van der Waals surface area contributed by atoms with Crippen LogP contribution in [0.3, 0.4) is 0 Å². The molecule has 1 fully saturated rings. The molecule has 0 spiro atoms. The maximum atomic E-state index is 11.3. The van der Waals surface area contributed by atoms with E-state index in [0.29, 0.717) is 5.75 Å². The number of aryl methyl sites for hydroxylation is 1. The smallest absolute Gasteiger partial charge is 0.335 e. The molecule has 5 N–H and O–H groups in total. The van der Waals surface area contributed by atoms with Gasteiger partial charge in [-0.1, -0.05) is 30.3 Å². The quantitative estimate of drug-likeness (QED) is 0.381. The highest BCUT2D eigenvalue weighted by Gasteiger charge is 2.48. The summed E-state index contributed by atoms with van der Waals surface area (Å²) in [6.45, 7) is 2.61. The van der Waals surface area contributed by atoms with Crippen LogP contribution in [0.1, 0.15) is 23.7 Å². The fraction of sp³-hybridized carbons (Fsp3) is 0.435. The Balaban J connectivity index is 1.73. The minimum absolute atomic E-state index is 0.162. The Hall–Kier alpha value is -2.69. The number of carboxylic acid groups (broad SMARTS) is 1. The Kier molecular flexibility index (Phi) is 8.05. The molecule has 3 rings (SSSR count). The molecule has 0 aromatic heterocycles. The van der Waals surface area contributed by atoms with Crippen molar-refractivity contribution < 1.29 is 39.4 Å². The van der Waals surface area contributed by atoms with Crippen molar-refractivity contribution in [2.24, 2.45) is 0 Å². The van der Waals surface area contributed by atoms with Gasteiger partial charge in [-0.15, -0.1) is 0 Å². The first-order chi connectivity index (χ1) is 15.3. The number of aliphatic hydroxyl groups is 3. The number of aliphatic hydroxyl groups excluding tert-OH is 3. The largest absolute Gasteiger partial charge is 0.485 e. The van der Waals surface area contributed by atoms with Gasteiger partial charge in [0.1, 0.15) is 35.9 Å². The van der Waals surface area contributed by atoms with Gasteiger partial charge >= 0.3 is 5.97 Å². The van der Waals surface area contributed by atoms with Gasteiger partial charge in [-0.2, -0.15) is 0 Å². The molecule has 174 valence electrons. The number of hydrogen-bond donors (Lipinski definition) is 5. The van der Waals surface area contributed by atoms with E-state index in [1.165, 1.54) is 0 Å². The van der Waals surface area contributed by atoms with Crippen LogP contribution >= 0.6 is 0 Å². The maximum absolute atomic E-state index is 11.3. The molecule has 1 aliphatic rings. The predicted molar refractivity (Wildman–Crippen MR) is 114 cm³/mol. The van der Waals surface area contributed by atoms with Crippen LogP contribution in [0.25, 0.3) is 0 Å². The van der Waals surface area contributed by atoms with Crippen molar-refractivity contribution in [1.29, 1.82) is 0 Å². The van der Waals surface area contributed by atoms with E-state index < -0.39 is 36.7 Å². The van der Waals surface area contributed by atoms with E-state index in [9.17, 15) is 20.1 Å². The summed E-state index contributed by atoms with van der Waals surface area (Å²) in [5.41, 5.74) is 1.81. The number of rotatable bonds is 9. The van der Waals surface area contributed by atoms with Crippen molar-refractivity contribution in [2.45, 2.75) is 50.2 Å². The van der Waals surface area contributed by atoms with Crippen molar-refractivity contribution in [1.82, 2.24) is 5.32 Å². The van der Waals surface area contributed by atoms with Crippen LogP contribution in [0, 0.1) is 6.92 Å². The topological polar surface area (TPSA) is 138 Å². The average Bonchev–Trinajstić information content (AvgIpc) is 2.78. The Labute approximate surface area is 186 Å². The number of carboxylic acids is 1. The van der Waals surface area contributed by atoms with Crippen molar-refractivity contribution >= 4 is 5.97 Å². The van der Waals surface area contributed by atoms with Crippen LogP contribution in [0.5, 0.6) is 11.5 Å². The van der Waals surface area contributed by atoms with E-state index in [2.05, 4.69) is 5.32 Å². The average molecular weight is 447 g/mol. The van der Waals surface area contributed by atoms with Crippen LogP contribution in [0.4, 0.5) is 0 Å². The van der Waals surface area contributed by atoms with Gasteiger partial charge in [-0.25, -0.2) is 4.79 Å². The third-order valence-electron chi connectivity index (χ3n) is 5.31. The highest BCUT2D eigenvalue weighted by atomic mass is 16.7. The lowest BCUT2D eigenvalue weighted by Gasteiger charge is -2.38. The van der Waals surface area contributed by atoms with Gasteiger partial charge in [0.15, 0.2) is 6.10 Å². The van der Waals surface area contributed by atoms with Gasteiger partial charge in [0.05, 0.1) is 0 Å². The Morgan fingerprint density at radius 2 is 1.81 bits per heavy atom. The lowest BCUT2D eigenvalue weighted by Crippen LogP contribution is -2.61. The summed E-state index contributed by atoms with van der Waals surface area (Å²) in [7, 11) is 1.88. The normalized spacial score (nSPS) is 26.3. The summed E-state index contributed by atoms with van der Waals surface area (Å²) in [5, 5.41) is 42.2. The van der Waals surface area contributed by atoms with Crippen LogP contribution in [0.15, 0.2) is 48.5 Å². The van der Waals surface area contributed by atoms with Crippen LogP contribution < -0.4 is 14.8 Å². The summed E-state index contributed by atoms with van der Waals surface area (Å²) in [6.07, 6.45) is -7.71. The van der Waals surface area contributed by atoms with E-state index in [1.807, 2.05) is 44.3 Å². The first kappa shape index (κ1) is 24.0. The number of nitrogens with one attached hydrogen (secondary N) is 1. The highest BCUT2D eigenvalue weighted by molar-refractivity contribution is 5.73. The lowest BCUT2D eigenvalue weighted by molar-refractivity contribution is -0.271. The molecule has 1 aliphatic heterocycles. The Morgan fingerprint density at radius 3 is 2.44 bits per heavy atom. The maximum Gasteiger partial charge on any atom is 0.335 e. The summed E-state index contributed by atoms with van der Waals surface area (Å²) in [4.78, 5) is 11.3. The first-order valence-corrected chi connectivity index (χ1v) is 10.4. The summed E-state index contributed by atoms with van der Waals surface area (Å²) in [6, 6.07) is 14.9. The molecule has 9 nitrogen and oxygen atoms in total. The SMILES string of the molecule is CNCCC(Oc1ccc(O[C@@H]2O[C@H](C(=O)O)[C@@H](O)[C@H](O)[C@H]2O)cc1C)c1ccccc1. The molecular formula is C23H29NO8. The monoisotopic (exact) mass is 447 g/mol. The van der Waals surface area contributed by atoms with Gasteiger partial charge in [0.25, 0.3) is 0 Å². The van der Waals surface area contributed by atoms with Gasteiger partial charge in [-0.3, -0.25) is 0 Å². The van der Waals surface area contributed by atoms with E-state index in [-0.39, 0.29) is 11.9 Å². The second-order valence-electron chi connectivity index (χ2n) is 7.69. The predicted octanol–water partition coefficient (Wildman–Crippen LogP) is 0.996. The summed E-state index contributed by atoms with van der Waals surface area (Å²) >= 11 is 0. The number of benzene rings is 2. The van der Waals surface area contributed by atoms with Gasteiger partial charge in [0, 0.05) is 6.42 Å².